The van der Waals surface area contributed by atoms with Crippen molar-refractivity contribution in [2.75, 3.05) is 45.3 Å². The van der Waals surface area contributed by atoms with Gasteiger partial charge in [-0.15, -0.1) is 0 Å². The van der Waals surface area contributed by atoms with Gasteiger partial charge < -0.3 is 14.5 Å². The van der Waals surface area contributed by atoms with Crippen molar-refractivity contribution >= 4 is 29.3 Å². The van der Waals surface area contributed by atoms with Crippen molar-refractivity contribution in [1.29, 1.82) is 0 Å². The summed E-state index contributed by atoms with van der Waals surface area (Å²) in [6.07, 6.45) is 3.33. The number of carbonyl (C=O) groups excluding carboxylic acids is 1. The molecule has 2 rings (SSSR count). The number of anilines is 1. The Bertz CT molecular complexity index is 509. The molecule has 0 unspecified atom stereocenters. The van der Waals surface area contributed by atoms with Crippen LogP contribution in [0, 0.1) is 0 Å². The number of hydrogen-bond donors (Lipinski definition) is 0. The van der Waals surface area contributed by atoms with E-state index in [0.29, 0.717) is 31.3 Å². The van der Waals surface area contributed by atoms with Crippen LogP contribution < -0.4 is 4.90 Å². The van der Waals surface area contributed by atoms with E-state index < -0.39 is 0 Å². The first-order chi connectivity index (χ1) is 9.58. The van der Waals surface area contributed by atoms with Crippen molar-refractivity contribution in [3.63, 3.8) is 0 Å². The van der Waals surface area contributed by atoms with Gasteiger partial charge in [-0.05, 0) is 23.8 Å². The highest BCUT2D eigenvalue weighted by molar-refractivity contribution is 6.32. The van der Waals surface area contributed by atoms with Crippen LogP contribution in [0.1, 0.15) is 5.56 Å². The third kappa shape index (κ3) is 3.74. The van der Waals surface area contributed by atoms with Gasteiger partial charge >= 0.3 is 0 Å². The summed E-state index contributed by atoms with van der Waals surface area (Å²) >= 11 is 6.22. The van der Waals surface area contributed by atoms with Gasteiger partial charge in [0.15, 0.2) is 0 Å². The summed E-state index contributed by atoms with van der Waals surface area (Å²) in [5.74, 6) is 0.000975. The summed E-state index contributed by atoms with van der Waals surface area (Å²) in [5, 5.41) is 0.641. The van der Waals surface area contributed by atoms with Gasteiger partial charge in [-0.3, -0.25) is 4.79 Å². The number of ether oxygens (including phenoxy) is 1. The molecule has 0 aromatic heterocycles. The number of benzene rings is 1. The Balaban J connectivity index is 2.05. The van der Waals surface area contributed by atoms with Crippen molar-refractivity contribution in [1.82, 2.24) is 4.90 Å². The zero-order valence-corrected chi connectivity index (χ0v) is 12.6. The Labute approximate surface area is 124 Å². The molecule has 0 N–H and O–H groups in total. The van der Waals surface area contributed by atoms with E-state index in [1.54, 1.807) is 17.1 Å². The Morgan fingerprint density at radius 3 is 2.65 bits per heavy atom. The van der Waals surface area contributed by atoms with Crippen LogP contribution in [-0.2, 0) is 9.53 Å². The SMILES string of the molecule is CN(C)c1ccc(C=CC(=O)N2CCOCC2)c(Cl)c1. The molecule has 0 bridgehead atoms. The monoisotopic (exact) mass is 294 g/mol. The van der Waals surface area contributed by atoms with Crippen molar-refractivity contribution in [2.24, 2.45) is 0 Å². The zero-order valence-electron chi connectivity index (χ0n) is 11.8. The lowest BCUT2D eigenvalue weighted by atomic mass is 10.2. The average Bonchev–Trinajstić information content (AvgIpc) is 2.46. The van der Waals surface area contributed by atoms with E-state index in [-0.39, 0.29) is 5.91 Å². The minimum atomic E-state index is 0.000975. The predicted molar refractivity (Wildman–Crippen MR) is 82.2 cm³/mol. The molecule has 1 aromatic rings. The van der Waals surface area contributed by atoms with E-state index >= 15 is 0 Å². The largest absolute Gasteiger partial charge is 0.378 e. The molecule has 4 nitrogen and oxygen atoms in total. The van der Waals surface area contributed by atoms with Crippen molar-refractivity contribution < 1.29 is 9.53 Å². The second kappa shape index (κ2) is 6.77. The molecule has 0 spiro atoms. The van der Waals surface area contributed by atoms with Gasteiger partial charge in [0.1, 0.15) is 0 Å². The molecule has 1 aliphatic heterocycles. The highest BCUT2D eigenvalue weighted by Gasteiger charge is 2.14. The summed E-state index contributed by atoms with van der Waals surface area (Å²) < 4.78 is 5.22. The number of halogens is 1. The number of rotatable bonds is 3. The second-order valence-electron chi connectivity index (χ2n) is 4.87. The Kier molecular flexibility index (Phi) is 5.04. The normalized spacial score (nSPS) is 15.7. The molecule has 0 atom stereocenters. The minimum absolute atomic E-state index is 0.000975. The second-order valence-corrected chi connectivity index (χ2v) is 5.28. The highest BCUT2D eigenvalue weighted by Crippen LogP contribution is 2.23. The fourth-order valence-corrected chi connectivity index (χ4v) is 2.22. The van der Waals surface area contributed by atoms with E-state index in [2.05, 4.69) is 0 Å². The number of hydrogen-bond acceptors (Lipinski definition) is 3. The Morgan fingerprint density at radius 1 is 1.35 bits per heavy atom. The average molecular weight is 295 g/mol. The maximum Gasteiger partial charge on any atom is 0.246 e. The number of morpholine rings is 1. The topological polar surface area (TPSA) is 32.8 Å². The molecule has 0 radical (unpaired) electrons. The van der Waals surface area contributed by atoms with Crippen molar-refractivity contribution in [3.8, 4) is 0 Å². The van der Waals surface area contributed by atoms with Crippen LogP contribution in [0.4, 0.5) is 5.69 Å². The summed E-state index contributed by atoms with van der Waals surface area (Å²) in [4.78, 5) is 15.8. The Hall–Kier alpha value is -1.52. The molecule has 1 aromatic carbocycles. The van der Waals surface area contributed by atoms with Crippen molar-refractivity contribution in [2.45, 2.75) is 0 Å². The lowest BCUT2D eigenvalue weighted by molar-refractivity contribution is -0.129. The van der Waals surface area contributed by atoms with Crippen LogP contribution in [0.15, 0.2) is 24.3 Å². The summed E-state index contributed by atoms with van der Waals surface area (Å²) in [6, 6.07) is 5.78. The standard InChI is InChI=1S/C15H19ClN2O2/c1-17(2)13-5-3-12(14(16)11-13)4-6-15(19)18-7-9-20-10-8-18/h3-6,11H,7-10H2,1-2H3. The maximum atomic E-state index is 12.0. The Morgan fingerprint density at radius 2 is 2.05 bits per heavy atom. The fraction of sp³-hybridized carbons (Fsp3) is 0.400. The lowest BCUT2D eigenvalue weighted by Gasteiger charge is -2.25. The summed E-state index contributed by atoms with van der Waals surface area (Å²) in [6.45, 7) is 2.52. The van der Waals surface area contributed by atoms with Crippen LogP contribution in [0.5, 0.6) is 0 Å². The van der Waals surface area contributed by atoms with Crippen LogP contribution in [0.2, 0.25) is 5.02 Å². The van der Waals surface area contributed by atoms with Crippen LogP contribution in [0.3, 0.4) is 0 Å². The molecule has 0 saturated carbocycles. The first-order valence-corrected chi connectivity index (χ1v) is 6.97. The van der Waals surface area contributed by atoms with E-state index in [0.717, 1.165) is 11.3 Å². The van der Waals surface area contributed by atoms with Gasteiger partial charge in [-0.25, -0.2) is 0 Å². The number of carbonyl (C=O) groups is 1. The van der Waals surface area contributed by atoms with Gasteiger partial charge in [0.05, 0.1) is 13.2 Å². The van der Waals surface area contributed by atoms with Crippen LogP contribution in [-0.4, -0.2) is 51.2 Å². The smallest absolute Gasteiger partial charge is 0.246 e. The van der Waals surface area contributed by atoms with E-state index in [1.807, 2.05) is 37.2 Å². The fourth-order valence-electron chi connectivity index (χ4n) is 1.98. The number of nitrogens with zero attached hydrogens (tertiary/aromatic N) is 2. The molecule has 20 heavy (non-hydrogen) atoms. The lowest BCUT2D eigenvalue weighted by Crippen LogP contribution is -2.39. The van der Waals surface area contributed by atoms with Gasteiger partial charge in [-0.2, -0.15) is 0 Å². The molecular weight excluding hydrogens is 276 g/mol. The van der Waals surface area contributed by atoms with E-state index in [9.17, 15) is 4.79 Å². The van der Waals surface area contributed by atoms with E-state index in [1.165, 1.54) is 0 Å². The van der Waals surface area contributed by atoms with Gasteiger partial charge in [0.25, 0.3) is 0 Å². The molecule has 108 valence electrons. The summed E-state index contributed by atoms with van der Waals surface area (Å²) in [7, 11) is 3.92. The van der Waals surface area contributed by atoms with Crippen LogP contribution >= 0.6 is 11.6 Å². The molecule has 1 amide bonds. The first-order valence-electron chi connectivity index (χ1n) is 6.59. The predicted octanol–water partition coefficient (Wildman–Crippen LogP) is 2.28. The molecular formula is C15H19ClN2O2. The molecule has 1 heterocycles. The van der Waals surface area contributed by atoms with Crippen molar-refractivity contribution in [3.05, 3.63) is 34.9 Å². The molecule has 5 heteroatoms. The number of amides is 1. The first kappa shape index (κ1) is 14.9. The third-order valence-corrected chi connectivity index (χ3v) is 3.56. The van der Waals surface area contributed by atoms with Gasteiger partial charge in [0, 0.05) is 44.0 Å². The third-order valence-electron chi connectivity index (χ3n) is 3.23. The minimum Gasteiger partial charge on any atom is -0.378 e. The van der Waals surface area contributed by atoms with E-state index in [4.69, 9.17) is 16.3 Å². The molecule has 1 aliphatic rings. The quantitative estimate of drug-likeness (QED) is 0.802. The molecule has 0 aliphatic carbocycles. The van der Waals surface area contributed by atoms with Gasteiger partial charge in [-0.1, -0.05) is 17.7 Å². The molecule has 1 fully saturated rings. The highest BCUT2D eigenvalue weighted by atomic mass is 35.5. The zero-order chi connectivity index (χ0) is 14.5. The maximum absolute atomic E-state index is 12.0. The summed E-state index contributed by atoms with van der Waals surface area (Å²) in [5.41, 5.74) is 1.88. The molecule has 1 saturated heterocycles. The van der Waals surface area contributed by atoms with Gasteiger partial charge in [0.2, 0.25) is 5.91 Å². The van der Waals surface area contributed by atoms with Crippen LogP contribution in [0.25, 0.3) is 6.08 Å².